The lowest BCUT2D eigenvalue weighted by atomic mass is 10.0. The molecule has 112 valence electrons. The summed E-state index contributed by atoms with van der Waals surface area (Å²) in [6, 6.07) is 7.20. The van der Waals surface area contributed by atoms with Gasteiger partial charge in [-0.2, -0.15) is 0 Å². The summed E-state index contributed by atoms with van der Waals surface area (Å²) in [5.74, 6) is 0.343. The van der Waals surface area contributed by atoms with Gasteiger partial charge in [-0.1, -0.05) is 32.0 Å². The van der Waals surface area contributed by atoms with Gasteiger partial charge in [-0.3, -0.25) is 4.79 Å². The first-order valence-electron chi connectivity index (χ1n) is 7.11. The minimum atomic E-state index is -0.805. The lowest BCUT2D eigenvalue weighted by Gasteiger charge is -2.18. The maximum absolute atomic E-state index is 11.2. The van der Waals surface area contributed by atoms with E-state index in [1.54, 1.807) is 0 Å². The van der Waals surface area contributed by atoms with Crippen LogP contribution >= 0.6 is 0 Å². The Balaban J connectivity index is 2.70. The molecule has 0 bridgehead atoms. The summed E-state index contributed by atoms with van der Waals surface area (Å²) in [7, 11) is 0. The highest BCUT2D eigenvalue weighted by Gasteiger charge is 2.18. The number of carbonyl (C=O) groups is 1. The van der Waals surface area contributed by atoms with E-state index in [-0.39, 0.29) is 6.10 Å². The monoisotopic (exact) mass is 279 g/mol. The van der Waals surface area contributed by atoms with Gasteiger partial charge in [0.15, 0.2) is 0 Å². The molecule has 0 aromatic heterocycles. The minimum Gasteiger partial charge on any atom is -0.491 e. The molecule has 1 aromatic carbocycles. The van der Waals surface area contributed by atoms with Crippen molar-refractivity contribution in [3.8, 4) is 5.75 Å². The van der Waals surface area contributed by atoms with Crippen LogP contribution in [0, 0.1) is 5.92 Å². The molecule has 1 atom stereocenters. The van der Waals surface area contributed by atoms with Crippen LogP contribution in [0.2, 0.25) is 0 Å². The molecule has 4 heteroatoms. The van der Waals surface area contributed by atoms with E-state index in [1.807, 2.05) is 52.0 Å². The molecule has 0 saturated heterocycles. The first-order valence-corrected chi connectivity index (χ1v) is 7.11. The first-order chi connectivity index (χ1) is 9.40. The first kappa shape index (κ1) is 16.5. The third-order valence-corrected chi connectivity index (χ3v) is 2.88. The summed E-state index contributed by atoms with van der Waals surface area (Å²) in [6.07, 6.45) is 0.713. The number of aliphatic carboxylic acids is 1. The van der Waals surface area contributed by atoms with E-state index in [2.05, 4.69) is 5.32 Å². The van der Waals surface area contributed by atoms with Gasteiger partial charge in [0.2, 0.25) is 0 Å². The van der Waals surface area contributed by atoms with Crippen LogP contribution in [0.5, 0.6) is 5.75 Å². The quantitative estimate of drug-likeness (QED) is 0.768. The zero-order chi connectivity index (χ0) is 15.1. The molecule has 1 rings (SSSR count). The zero-order valence-electron chi connectivity index (χ0n) is 12.7. The number of carboxylic acids is 1. The van der Waals surface area contributed by atoms with E-state index in [0.29, 0.717) is 18.9 Å². The van der Waals surface area contributed by atoms with Gasteiger partial charge in [-0.15, -0.1) is 0 Å². The molecule has 0 saturated carbocycles. The van der Waals surface area contributed by atoms with Crippen LogP contribution in [0.3, 0.4) is 0 Å². The van der Waals surface area contributed by atoms with Crippen LogP contribution in [-0.2, 0) is 11.3 Å². The van der Waals surface area contributed by atoms with Gasteiger partial charge in [0.05, 0.1) is 6.10 Å². The Morgan fingerprint density at radius 1 is 1.25 bits per heavy atom. The molecule has 0 aliphatic rings. The second kappa shape index (κ2) is 7.90. The molecule has 2 N–H and O–H groups in total. The van der Waals surface area contributed by atoms with Crippen molar-refractivity contribution >= 4 is 5.97 Å². The summed E-state index contributed by atoms with van der Waals surface area (Å²) in [4.78, 5) is 11.2. The molecular formula is C16H25NO3. The van der Waals surface area contributed by atoms with Crippen molar-refractivity contribution in [3.63, 3.8) is 0 Å². The summed E-state index contributed by atoms with van der Waals surface area (Å²) < 4.78 is 5.73. The number of benzene rings is 1. The Morgan fingerprint density at radius 3 is 2.45 bits per heavy atom. The molecule has 20 heavy (non-hydrogen) atoms. The second-order valence-corrected chi connectivity index (χ2v) is 5.68. The Labute approximate surface area is 121 Å². The molecule has 1 aromatic rings. The zero-order valence-corrected chi connectivity index (χ0v) is 12.7. The largest absolute Gasteiger partial charge is 0.491 e. The summed E-state index contributed by atoms with van der Waals surface area (Å²) >= 11 is 0. The second-order valence-electron chi connectivity index (χ2n) is 5.68. The number of hydrogen-bond donors (Lipinski definition) is 2. The molecular weight excluding hydrogens is 254 g/mol. The Kier molecular flexibility index (Phi) is 6.52. The van der Waals surface area contributed by atoms with E-state index in [4.69, 9.17) is 4.74 Å². The molecule has 0 aliphatic carbocycles. The minimum absolute atomic E-state index is 0.0992. The lowest BCUT2D eigenvalue weighted by Crippen LogP contribution is -2.37. The van der Waals surface area contributed by atoms with Crippen molar-refractivity contribution in [1.29, 1.82) is 0 Å². The maximum Gasteiger partial charge on any atom is 0.320 e. The van der Waals surface area contributed by atoms with E-state index in [0.717, 1.165) is 11.3 Å². The van der Waals surface area contributed by atoms with Gasteiger partial charge in [-0.25, -0.2) is 0 Å². The van der Waals surface area contributed by atoms with Crippen molar-refractivity contribution in [1.82, 2.24) is 5.32 Å². The molecule has 0 unspecified atom stereocenters. The third-order valence-electron chi connectivity index (χ3n) is 2.88. The highest BCUT2D eigenvalue weighted by atomic mass is 16.5. The van der Waals surface area contributed by atoms with Crippen molar-refractivity contribution in [2.24, 2.45) is 5.92 Å². The molecule has 0 amide bonds. The van der Waals surface area contributed by atoms with Crippen LogP contribution in [0.25, 0.3) is 0 Å². The van der Waals surface area contributed by atoms with Crippen LogP contribution in [-0.4, -0.2) is 23.2 Å². The summed E-state index contributed by atoms with van der Waals surface area (Å²) in [5, 5.41) is 12.3. The van der Waals surface area contributed by atoms with Gasteiger partial charge in [0, 0.05) is 12.1 Å². The molecule has 0 fully saturated rings. The van der Waals surface area contributed by atoms with Gasteiger partial charge < -0.3 is 15.2 Å². The fourth-order valence-corrected chi connectivity index (χ4v) is 1.99. The molecule has 0 heterocycles. The Hall–Kier alpha value is -1.55. The molecule has 0 radical (unpaired) electrons. The van der Waals surface area contributed by atoms with Crippen molar-refractivity contribution in [2.75, 3.05) is 0 Å². The Bertz CT molecular complexity index is 429. The molecule has 0 aliphatic heterocycles. The highest BCUT2D eigenvalue weighted by molar-refractivity contribution is 5.73. The van der Waals surface area contributed by atoms with Gasteiger partial charge >= 0.3 is 5.97 Å². The number of ether oxygens (including phenoxy) is 1. The summed E-state index contributed by atoms with van der Waals surface area (Å²) in [6.45, 7) is 8.49. The third kappa shape index (κ3) is 5.61. The molecule has 4 nitrogen and oxygen atoms in total. The van der Waals surface area contributed by atoms with Gasteiger partial charge in [0.25, 0.3) is 0 Å². The average molecular weight is 279 g/mol. The van der Waals surface area contributed by atoms with Crippen molar-refractivity contribution < 1.29 is 14.6 Å². The number of nitrogens with one attached hydrogen (secondary N) is 1. The number of rotatable bonds is 8. The topological polar surface area (TPSA) is 58.6 Å². The predicted octanol–water partition coefficient (Wildman–Crippen LogP) is 3.06. The van der Waals surface area contributed by atoms with E-state index in [9.17, 15) is 9.90 Å². The van der Waals surface area contributed by atoms with Crippen LogP contribution < -0.4 is 10.1 Å². The lowest BCUT2D eigenvalue weighted by molar-refractivity contribution is -0.140. The van der Waals surface area contributed by atoms with Crippen LogP contribution in [0.1, 0.15) is 39.7 Å². The number of para-hydroxylation sites is 1. The van der Waals surface area contributed by atoms with E-state index < -0.39 is 12.0 Å². The van der Waals surface area contributed by atoms with Crippen molar-refractivity contribution in [2.45, 2.75) is 52.8 Å². The highest BCUT2D eigenvalue weighted by Crippen LogP contribution is 2.19. The predicted molar refractivity (Wildman–Crippen MR) is 79.9 cm³/mol. The maximum atomic E-state index is 11.2. The Morgan fingerprint density at radius 2 is 1.90 bits per heavy atom. The van der Waals surface area contributed by atoms with Gasteiger partial charge in [0.1, 0.15) is 11.8 Å². The van der Waals surface area contributed by atoms with Crippen LogP contribution in [0.15, 0.2) is 24.3 Å². The normalized spacial score (nSPS) is 12.7. The molecule has 0 spiro atoms. The fourth-order valence-electron chi connectivity index (χ4n) is 1.99. The van der Waals surface area contributed by atoms with Crippen molar-refractivity contribution in [3.05, 3.63) is 29.8 Å². The van der Waals surface area contributed by atoms with Gasteiger partial charge in [-0.05, 0) is 32.3 Å². The standard InChI is InChI=1S/C16H25NO3/c1-11(2)9-14(16(18)19)17-10-13-7-5-6-8-15(13)20-12(3)4/h5-8,11-12,14,17H,9-10H2,1-4H3,(H,18,19)/t14-/m1/s1. The SMILES string of the molecule is CC(C)C[C@@H](NCc1ccccc1OC(C)C)C(=O)O. The summed E-state index contributed by atoms with van der Waals surface area (Å²) in [5.41, 5.74) is 0.983. The fraction of sp³-hybridized carbons (Fsp3) is 0.562. The van der Waals surface area contributed by atoms with E-state index >= 15 is 0 Å². The number of carboxylic acid groups (broad SMARTS) is 1. The smallest absolute Gasteiger partial charge is 0.320 e. The van der Waals surface area contributed by atoms with E-state index in [1.165, 1.54) is 0 Å². The average Bonchev–Trinajstić information content (AvgIpc) is 2.34. The van der Waals surface area contributed by atoms with Crippen LogP contribution in [0.4, 0.5) is 0 Å². The number of hydrogen-bond acceptors (Lipinski definition) is 3.